The third kappa shape index (κ3) is 4.16. The number of aryl methyl sites for hydroxylation is 1. The summed E-state index contributed by atoms with van der Waals surface area (Å²) < 4.78 is 4.98. The highest BCUT2D eigenvalue weighted by Crippen LogP contribution is 2.35. The van der Waals surface area contributed by atoms with Gasteiger partial charge in [-0.25, -0.2) is 14.8 Å². The molecule has 0 aromatic carbocycles. The van der Waals surface area contributed by atoms with Crippen LogP contribution in [0.3, 0.4) is 0 Å². The Hall–Kier alpha value is -1.65. The van der Waals surface area contributed by atoms with Crippen molar-refractivity contribution < 1.29 is 9.53 Å². The molecule has 1 aromatic heterocycles. The van der Waals surface area contributed by atoms with Crippen molar-refractivity contribution in [1.29, 1.82) is 0 Å². The molecule has 0 bridgehead atoms. The van der Waals surface area contributed by atoms with E-state index < -0.39 is 0 Å². The maximum atomic E-state index is 11.7. The second kappa shape index (κ2) is 6.87. The molecule has 116 valence electrons. The second-order valence-electron chi connectivity index (χ2n) is 6.14. The number of esters is 1. The highest BCUT2D eigenvalue weighted by Gasteiger charge is 2.26. The Bertz CT molecular complexity index is 496. The van der Waals surface area contributed by atoms with Crippen LogP contribution in [0.15, 0.2) is 6.20 Å². The molecule has 0 aliphatic heterocycles. The molecule has 2 rings (SSSR count). The van der Waals surface area contributed by atoms with E-state index in [1.807, 2.05) is 0 Å². The fraction of sp³-hybridized carbons (Fsp3) is 0.688. The molecule has 21 heavy (non-hydrogen) atoms. The summed E-state index contributed by atoms with van der Waals surface area (Å²) in [6, 6.07) is 0. The highest BCUT2D eigenvalue weighted by atomic mass is 16.5. The zero-order chi connectivity index (χ0) is 15.3. The Kier molecular flexibility index (Phi) is 5.15. The van der Waals surface area contributed by atoms with Crippen molar-refractivity contribution in [2.45, 2.75) is 52.9 Å². The van der Waals surface area contributed by atoms with Gasteiger partial charge in [-0.1, -0.05) is 26.2 Å². The van der Waals surface area contributed by atoms with Gasteiger partial charge in [0.25, 0.3) is 0 Å². The van der Waals surface area contributed by atoms with Gasteiger partial charge >= 0.3 is 5.97 Å². The molecule has 0 saturated heterocycles. The number of nitrogens with one attached hydrogen (secondary N) is 1. The molecule has 5 nitrogen and oxygen atoms in total. The van der Waals surface area contributed by atoms with E-state index in [1.165, 1.54) is 32.1 Å². The number of carbonyl (C=O) groups excluding carboxylic acids is 1. The van der Waals surface area contributed by atoms with Crippen LogP contribution >= 0.6 is 0 Å². The van der Waals surface area contributed by atoms with Crippen LogP contribution in [0.5, 0.6) is 0 Å². The highest BCUT2D eigenvalue weighted by molar-refractivity contribution is 5.90. The lowest BCUT2D eigenvalue weighted by Crippen LogP contribution is -2.29. The molecule has 1 saturated carbocycles. The average molecular weight is 291 g/mol. The monoisotopic (exact) mass is 291 g/mol. The minimum absolute atomic E-state index is 0.329. The van der Waals surface area contributed by atoms with E-state index in [4.69, 9.17) is 4.74 Å². The average Bonchev–Trinajstić information content (AvgIpc) is 2.46. The fourth-order valence-corrected chi connectivity index (χ4v) is 2.84. The smallest absolute Gasteiger partial charge is 0.341 e. The summed E-state index contributed by atoms with van der Waals surface area (Å²) in [5.74, 6) is 0.230. The molecular formula is C16H25N3O2. The van der Waals surface area contributed by atoms with Crippen molar-refractivity contribution in [3.8, 4) is 0 Å². The Morgan fingerprint density at radius 3 is 2.71 bits per heavy atom. The Labute approximate surface area is 126 Å². The van der Waals surface area contributed by atoms with Crippen LogP contribution in [0.1, 0.15) is 62.0 Å². The lowest BCUT2D eigenvalue weighted by Gasteiger charge is -2.33. The van der Waals surface area contributed by atoms with Gasteiger partial charge in [0.15, 0.2) is 0 Å². The zero-order valence-corrected chi connectivity index (χ0v) is 13.2. The van der Waals surface area contributed by atoms with Gasteiger partial charge < -0.3 is 10.1 Å². The van der Waals surface area contributed by atoms with Crippen LogP contribution in [-0.2, 0) is 4.74 Å². The predicted molar refractivity (Wildman–Crippen MR) is 82.4 cm³/mol. The van der Waals surface area contributed by atoms with Crippen LogP contribution in [0, 0.1) is 12.3 Å². The van der Waals surface area contributed by atoms with Crippen molar-refractivity contribution in [2.75, 3.05) is 18.5 Å². The molecule has 1 aromatic rings. The molecule has 1 aliphatic rings. The Morgan fingerprint density at radius 1 is 1.38 bits per heavy atom. The molecule has 0 atom stereocenters. The quantitative estimate of drug-likeness (QED) is 0.843. The first kappa shape index (κ1) is 15.7. The third-order valence-electron chi connectivity index (χ3n) is 4.21. The lowest BCUT2D eigenvalue weighted by atomic mass is 9.76. The molecule has 0 amide bonds. The maximum Gasteiger partial charge on any atom is 0.341 e. The predicted octanol–water partition coefficient (Wildman–Crippen LogP) is 3.34. The SMILES string of the molecule is CCOC(=O)c1cnc(NCC2(C)CCCCC2)nc1C. The van der Waals surface area contributed by atoms with Gasteiger partial charge in [0.05, 0.1) is 17.9 Å². The topological polar surface area (TPSA) is 64.1 Å². The van der Waals surface area contributed by atoms with Crippen molar-refractivity contribution in [2.24, 2.45) is 5.41 Å². The molecule has 1 N–H and O–H groups in total. The van der Waals surface area contributed by atoms with Gasteiger partial charge in [-0.05, 0) is 32.1 Å². The van der Waals surface area contributed by atoms with Crippen molar-refractivity contribution >= 4 is 11.9 Å². The van der Waals surface area contributed by atoms with E-state index in [2.05, 4.69) is 22.2 Å². The van der Waals surface area contributed by atoms with Crippen LogP contribution < -0.4 is 5.32 Å². The van der Waals surface area contributed by atoms with Crippen LogP contribution in [0.2, 0.25) is 0 Å². The summed E-state index contributed by atoms with van der Waals surface area (Å²) >= 11 is 0. The summed E-state index contributed by atoms with van der Waals surface area (Å²) in [7, 11) is 0. The van der Waals surface area contributed by atoms with E-state index in [-0.39, 0.29) is 5.97 Å². The number of anilines is 1. The molecule has 0 radical (unpaired) electrons. The maximum absolute atomic E-state index is 11.7. The van der Waals surface area contributed by atoms with Crippen LogP contribution in [0.4, 0.5) is 5.95 Å². The minimum atomic E-state index is -0.360. The Balaban J connectivity index is 1.98. The normalized spacial score (nSPS) is 17.3. The molecule has 1 aliphatic carbocycles. The summed E-state index contributed by atoms with van der Waals surface area (Å²) in [6.07, 6.45) is 8.00. The number of rotatable bonds is 5. The van der Waals surface area contributed by atoms with Crippen molar-refractivity contribution in [1.82, 2.24) is 9.97 Å². The second-order valence-corrected chi connectivity index (χ2v) is 6.14. The Morgan fingerprint density at radius 2 is 2.10 bits per heavy atom. The first-order valence-corrected chi connectivity index (χ1v) is 7.79. The molecular weight excluding hydrogens is 266 g/mol. The number of nitrogens with zero attached hydrogens (tertiary/aromatic N) is 2. The summed E-state index contributed by atoms with van der Waals surface area (Å²) in [5.41, 5.74) is 1.42. The molecule has 1 fully saturated rings. The van der Waals surface area contributed by atoms with Crippen molar-refractivity contribution in [3.05, 3.63) is 17.5 Å². The number of hydrogen-bond donors (Lipinski definition) is 1. The number of ether oxygens (including phenoxy) is 1. The van der Waals surface area contributed by atoms with Gasteiger partial charge in [0, 0.05) is 12.7 Å². The molecule has 0 unspecified atom stereocenters. The minimum Gasteiger partial charge on any atom is -0.462 e. The molecule has 5 heteroatoms. The van der Waals surface area contributed by atoms with E-state index in [9.17, 15) is 4.79 Å². The number of hydrogen-bond acceptors (Lipinski definition) is 5. The summed E-state index contributed by atoms with van der Waals surface area (Å²) in [5, 5.41) is 3.32. The number of aromatic nitrogens is 2. The molecule has 0 spiro atoms. The van der Waals surface area contributed by atoms with Gasteiger partial charge in [-0.15, -0.1) is 0 Å². The van der Waals surface area contributed by atoms with Gasteiger partial charge in [-0.2, -0.15) is 0 Å². The van der Waals surface area contributed by atoms with E-state index in [0.29, 0.717) is 29.2 Å². The van der Waals surface area contributed by atoms with E-state index in [0.717, 1.165) is 6.54 Å². The molecule has 1 heterocycles. The number of carbonyl (C=O) groups is 1. The van der Waals surface area contributed by atoms with Gasteiger partial charge in [-0.3, -0.25) is 0 Å². The van der Waals surface area contributed by atoms with E-state index in [1.54, 1.807) is 20.0 Å². The zero-order valence-electron chi connectivity index (χ0n) is 13.2. The fourth-order valence-electron chi connectivity index (χ4n) is 2.84. The lowest BCUT2D eigenvalue weighted by molar-refractivity contribution is 0.0524. The first-order chi connectivity index (χ1) is 10.0. The van der Waals surface area contributed by atoms with Gasteiger partial charge in [0.1, 0.15) is 0 Å². The first-order valence-electron chi connectivity index (χ1n) is 7.79. The van der Waals surface area contributed by atoms with Crippen LogP contribution in [-0.4, -0.2) is 29.1 Å². The summed E-state index contributed by atoms with van der Waals surface area (Å²) in [6.45, 7) is 7.15. The third-order valence-corrected chi connectivity index (χ3v) is 4.21. The van der Waals surface area contributed by atoms with Crippen LogP contribution in [0.25, 0.3) is 0 Å². The van der Waals surface area contributed by atoms with Crippen molar-refractivity contribution in [3.63, 3.8) is 0 Å². The van der Waals surface area contributed by atoms with E-state index >= 15 is 0 Å². The summed E-state index contributed by atoms with van der Waals surface area (Å²) in [4.78, 5) is 20.3. The van der Waals surface area contributed by atoms with Gasteiger partial charge in [0.2, 0.25) is 5.95 Å². The standard InChI is InChI=1S/C16H25N3O2/c1-4-21-14(20)13-10-17-15(19-12(13)2)18-11-16(3)8-6-5-7-9-16/h10H,4-9,11H2,1-3H3,(H,17,18,19). The largest absolute Gasteiger partial charge is 0.462 e.